The van der Waals surface area contributed by atoms with Crippen molar-refractivity contribution in [2.75, 3.05) is 12.9 Å². The zero-order valence-electron chi connectivity index (χ0n) is 13.4. The van der Waals surface area contributed by atoms with E-state index in [2.05, 4.69) is 11.9 Å². The van der Waals surface area contributed by atoms with Crippen molar-refractivity contribution in [1.29, 1.82) is 0 Å². The highest BCUT2D eigenvalue weighted by Gasteiger charge is 2.14. The Morgan fingerprint density at radius 3 is 2.79 bits per heavy atom. The highest BCUT2D eigenvalue weighted by atomic mass is 35.5. The first kappa shape index (κ1) is 16.8. The Bertz CT molecular complexity index is 911. The molecule has 0 saturated heterocycles. The molecule has 0 aliphatic heterocycles. The zero-order valence-corrected chi connectivity index (χ0v) is 14.9. The monoisotopic (exact) mass is 357 g/mol. The first-order valence-corrected chi connectivity index (χ1v) is 8.81. The third-order valence-corrected chi connectivity index (χ3v) is 4.86. The van der Waals surface area contributed by atoms with Crippen LogP contribution in [0.1, 0.15) is 15.9 Å². The van der Waals surface area contributed by atoms with Gasteiger partial charge in [-0.1, -0.05) is 41.6 Å². The number of hydrogen-bond acceptors (Lipinski definition) is 4. The second-order valence-electron chi connectivity index (χ2n) is 5.35. The predicted octanol–water partition coefficient (Wildman–Crippen LogP) is 5.18. The van der Waals surface area contributed by atoms with Gasteiger partial charge in [0.1, 0.15) is 5.75 Å². The number of rotatable bonds is 5. The Morgan fingerprint density at radius 2 is 2.00 bits per heavy atom. The van der Waals surface area contributed by atoms with Gasteiger partial charge in [-0.25, -0.2) is 4.98 Å². The molecule has 0 bridgehead atoms. The number of pyridine rings is 1. The smallest absolute Gasteiger partial charge is 0.176 e. The molecule has 0 fully saturated rings. The normalized spacial score (nSPS) is 10.8. The number of para-hydroxylation sites is 1. The van der Waals surface area contributed by atoms with Crippen molar-refractivity contribution in [3.05, 3.63) is 64.7 Å². The molecule has 1 aromatic heterocycles. The van der Waals surface area contributed by atoms with Gasteiger partial charge in [-0.05, 0) is 42.8 Å². The molecule has 0 saturated carbocycles. The standard InChI is InChI=1S/C19H16ClNO2S/c1-12-9-19(21-16-6-4-3-5-14(12)16)24-11-17(22)15-10-13(20)7-8-18(15)23-2/h3-10H,11H2,1-2H3. The lowest BCUT2D eigenvalue weighted by Crippen LogP contribution is -2.05. The van der Waals surface area contributed by atoms with Gasteiger partial charge in [0.05, 0.1) is 29.0 Å². The fraction of sp³-hybridized carbons (Fsp3) is 0.158. The number of halogens is 1. The van der Waals surface area contributed by atoms with E-state index in [1.165, 1.54) is 11.8 Å². The third kappa shape index (κ3) is 3.55. The minimum atomic E-state index is -0.0352. The van der Waals surface area contributed by atoms with Crippen molar-refractivity contribution in [2.24, 2.45) is 0 Å². The lowest BCUT2D eigenvalue weighted by atomic mass is 10.1. The van der Waals surface area contributed by atoms with E-state index in [1.807, 2.05) is 30.3 Å². The molecular formula is C19H16ClNO2S. The van der Waals surface area contributed by atoms with Gasteiger partial charge < -0.3 is 4.74 Å². The van der Waals surface area contributed by atoms with Gasteiger partial charge in [-0.3, -0.25) is 4.79 Å². The van der Waals surface area contributed by atoms with Crippen LogP contribution in [0.2, 0.25) is 5.02 Å². The fourth-order valence-electron chi connectivity index (χ4n) is 2.51. The average molecular weight is 358 g/mol. The van der Waals surface area contributed by atoms with Gasteiger partial charge in [0.15, 0.2) is 5.78 Å². The number of nitrogens with zero attached hydrogens (tertiary/aromatic N) is 1. The molecule has 5 heteroatoms. The summed E-state index contributed by atoms with van der Waals surface area (Å²) in [5.41, 5.74) is 2.58. The van der Waals surface area contributed by atoms with E-state index < -0.39 is 0 Å². The largest absolute Gasteiger partial charge is 0.496 e. The number of methoxy groups -OCH3 is 1. The summed E-state index contributed by atoms with van der Waals surface area (Å²) in [7, 11) is 1.54. The Labute approximate surface area is 150 Å². The minimum absolute atomic E-state index is 0.0352. The summed E-state index contributed by atoms with van der Waals surface area (Å²) >= 11 is 7.41. The van der Waals surface area contributed by atoms with Crippen LogP contribution in [-0.4, -0.2) is 23.6 Å². The van der Waals surface area contributed by atoms with Crippen LogP contribution in [0.25, 0.3) is 10.9 Å². The highest BCUT2D eigenvalue weighted by molar-refractivity contribution is 7.99. The molecule has 24 heavy (non-hydrogen) atoms. The van der Waals surface area contributed by atoms with E-state index in [-0.39, 0.29) is 11.5 Å². The molecule has 0 aliphatic carbocycles. The van der Waals surface area contributed by atoms with Crippen LogP contribution in [0.5, 0.6) is 5.75 Å². The highest BCUT2D eigenvalue weighted by Crippen LogP contribution is 2.27. The second-order valence-corrected chi connectivity index (χ2v) is 6.78. The molecule has 3 nitrogen and oxygen atoms in total. The van der Waals surface area contributed by atoms with E-state index in [4.69, 9.17) is 16.3 Å². The van der Waals surface area contributed by atoms with Crippen LogP contribution in [-0.2, 0) is 0 Å². The van der Waals surface area contributed by atoms with Gasteiger partial charge in [-0.2, -0.15) is 0 Å². The summed E-state index contributed by atoms with van der Waals surface area (Å²) in [5, 5.41) is 2.48. The van der Waals surface area contributed by atoms with Gasteiger partial charge in [0.25, 0.3) is 0 Å². The molecule has 0 unspecified atom stereocenters. The quantitative estimate of drug-likeness (QED) is 0.466. The molecule has 0 amide bonds. The molecule has 0 radical (unpaired) electrons. The van der Waals surface area contributed by atoms with E-state index in [1.54, 1.807) is 25.3 Å². The number of hydrogen-bond donors (Lipinski definition) is 0. The predicted molar refractivity (Wildman–Crippen MR) is 99.5 cm³/mol. The topological polar surface area (TPSA) is 39.2 Å². The van der Waals surface area contributed by atoms with Crippen molar-refractivity contribution in [1.82, 2.24) is 4.98 Å². The maximum Gasteiger partial charge on any atom is 0.176 e. The lowest BCUT2D eigenvalue weighted by Gasteiger charge is -2.09. The number of thioether (sulfide) groups is 1. The molecule has 122 valence electrons. The average Bonchev–Trinajstić information content (AvgIpc) is 2.59. The van der Waals surface area contributed by atoms with Crippen LogP contribution in [0.15, 0.2) is 53.6 Å². The summed E-state index contributed by atoms with van der Waals surface area (Å²) in [5.74, 6) is 0.779. The minimum Gasteiger partial charge on any atom is -0.496 e. The zero-order chi connectivity index (χ0) is 17.1. The number of aryl methyl sites for hydroxylation is 1. The van der Waals surface area contributed by atoms with Crippen molar-refractivity contribution >= 4 is 40.0 Å². The van der Waals surface area contributed by atoms with Crippen LogP contribution >= 0.6 is 23.4 Å². The van der Waals surface area contributed by atoms with Crippen molar-refractivity contribution in [2.45, 2.75) is 11.9 Å². The fourth-order valence-corrected chi connectivity index (χ4v) is 3.54. The summed E-state index contributed by atoms with van der Waals surface area (Å²) in [6.45, 7) is 2.05. The third-order valence-electron chi connectivity index (χ3n) is 3.71. The van der Waals surface area contributed by atoms with E-state index in [9.17, 15) is 4.79 Å². The van der Waals surface area contributed by atoms with Gasteiger partial charge in [-0.15, -0.1) is 0 Å². The number of aromatic nitrogens is 1. The molecule has 1 heterocycles. The first-order chi connectivity index (χ1) is 11.6. The Hall–Kier alpha value is -2.04. The lowest BCUT2D eigenvalue weighted by molar-refractivity contribution is 0.101. The van der Waals surface area contributed by atoms with Crippen molar-refractivity contribution in [3.63, 3.8) is 0 Å². The maximum absolute atomic E-state index is 12.5. The van der Waals surface area contributed by atoms with Gasteiger partial charge in [0.2, 0.25) is 0 Å². The molecule has 0 N–H and O–H groups in total. The number of ether oxygens (including phenoxy) is 1. The SMILES string of the molecule is COc1ccc(Cl)cc1C(=O)CSc1cc(C)c2ccccc2n1. The first-order valence-electron chi connectivity index (χ1n) is 7.44. The number of carbonyl (C=O) groups excluding carboxylic acids is 1. The van der Waals surface area contributed by atoms with Crippen LogP contribution in [0.4, 0.5) is 0 Å². The second kappa shape index (κ2) is 7.24. The Balaban J connectivity index is 1.81. The summed E-state index contributed by atoms with van der Waals surface area (Å²) in [6.07, 6.45) is 0. The van der Waals surface area contributed by atoms with E-state index in [0.717, 1.165) is 21.5 Å². The number of carbonyl (C=O) groups is 1. The van der Waals surface area contributed by atoms with E-state index >= 15 is 0 Å². The Morgan fingerprint density at radius 1 is 1.21 bits per heavy atom. The summed E-state index contributed by atoms with van der Waals surface area (Å²) in [4.78, 5) is 17.1. The molecule has 3 rings (SSSR count). The number of ketones is 1. The Kier molecular flexibility index (Phi) is 5.07. The van der Waals surface area contributed by atoms with E-state index in [0.29, 0.717) is 16.3 Å². The van der Waals surface area contributed by atoms with Crippen molar-refractivity contribution < 1.29 is 9.53 Å². The summed E-state index contributed by atoms with van der Waals surface area (Å²) in [6, 6.07) is 15.1. The van der Waals surface area contributed by atoms with Gasteiger partial charge in [0, 0.05) is 10.4 Å². The molecule has 0 atom stereocenters. The van der Waals surface area contributed by atoms with Crippen LogP contribution < -0.4 is 4.74 Å². The molecule has 2 aromatic carbocycles. The van der Waals surface area contributed by atoms with Crippen LogP contribution in [0, 0.1) is 6.92 Å². The maximum atomic E-state index is 12.5. The molecule has 0 aliphatic rings. The van der Waals surface area contributed by atoms with Gasteiger partial charge >= 0.3 is 0 Å². The van der Waals surface area contributed by atoms with Crippen LogP contribution in [0.3, 0.4) is 0 Å². The molecule has 0 spiro atoms. The molecular weight excluding hydrogens is 342 g/mol. The summed E-state index contributed by atoms with van der Waals surface area (Å²) < 4.78 is 5.25. The van der Waals surface area contributed by atoms with Crippen molar-refractivity contribution in [3.8, 4) is 5.75 Å². The number of fused-ring (bicyclic) bond motifs is 1. The number of Topliss-reactive ketones (excluding diaryl/α,β-unsaturated/α-hetero) is 1. The molecule has 3 aromatic rings. The number of benzene rings is 2.